The molecule has 1 saturated carbocycles. The van der Waals surface area contributed by atoms with Gasteiger partial charge in [0.2, 0.25) is 5.91 Å². The van der Waals surface area contributed by atoms with E-state index in [0.29, 0.717) is 5.92 Å². The van der Waals surface area contributed by atoms with E-state index in [4.69, 9.17) is 12.6 Å². The lowest BCUT2D eigenvalue weighted by Crippen LogP contribution is -2.39. The van der Waals surface area contributed by atoms with Crippen molar-refractivity contribution in [2.45, 2.75) is 70.1 Å². The molecule has 0 aromatic heterocycles. The zero-order valence-corrected chi connectivity index (χ0v) is 14.7. The molecule has 22 heavy (non-hydrogen) atoms. The highest BCUT2D eigenvalue weighted by atomic mass is 32.1. The third kappa shape index (κ3) is 4.01. The molecule has 1 aromatic rings. The number of carbonyl (C=O) groups is 1. The Morgan fingerprint density at radius 2 is 1.82 bits per heavy atom. The number of hydrogen-bond donors (Lipinski definition) is 1. The molecule has 0 aliphatic heterocycles. The molecular formula is C19H28NOS. The highest BCUT2D eigenvalue weighted by molar-refractivity contribution is 7.80. The van der Waals surface area contributed by atoms with Gasteiger partial charge in [-0.05, 0) is 37.3 Å². The number of anilines is 1. The van der Waals surface area contributed by atoms with Gasteiger partial charge in [-0.3, -0.25) is 4.79 Å². The summed E-state index contributed by atoms with van der Waals surface area (Å²) in [5.74, 6) is 0.832. The minimum Gasteiger partial charge on any atom is -0.324 e. The van der Waals surface area contributed by atoms with Crippen molar-refractivity contribution in [3.8, 4) is 0 Å². The Morgan fingerprint density at radius 3 is 2.41 bits per heavy atom. The van der Waals surface area contributed by atoms with Crippen molar-refractivity contribution in [3.63, 3.8) is 0 Å². The van der Waals surface area contributed by atoms with E-state index in [9.17, 15) is 4.79 Å². The molecule has 0 bridgehead atoms. The van der Waals surface area contributed by atoms with Crippen LogP contribution in [0.4, 0.5) is 5.69 Å². The van der Waals surface area contributed by atoms with E-state index in [0.717, 1.165) is 42.7 Å². The van der Waals surface area contributed by atoms with E-state index in [1.165, 1.54) is 19.3 Å². The fourth-order valence-electron chi connectivity index (χ4n) is 3.71. The molecule has 1 aliphatic carbocycles. The predicted molar refractivity (Wildman–Crippen MR) is 95.1 cm³/mol. The second-order valence-corrected chi connectivity index (χ2v) is 7.12. The molecule has 1 amide bonds. The summed E-state index contributed by atoms with van der Waals surface area (Å²) >= 11 is 5.33. The van der Waals surface area contributed by atoms with Gasteiger partial charge in [0.25, 0.3) is 0 Å². The Bertz CT molecular complexity index is 490. The van der Waals surface area contributed by atoms with Crippen molar-refractivity contribution in [2.75, 3.05) is 5.32 Å². The van der Waals surface area contributed by atoms with Gasteiger partial charge < -0.3 is 5.32 Å². The first-order chi connectivity index (χ1) is 10.6. The van der Waals surface area contributed by atoms with Crippen molar-refractivity contribution < 1.29 is 4.79 Å². The molecule has 1 fully saturated rings. The monoisotopic (exact) mass is 318 g/mol. The molecule has 1 aromatic carbocycles. The van der Waals surface area contributed by atoms with Gasteiger partial charge in [-0.2, -0.15) is 0 Å². The topological polar surface area (TPSA) is 29.1 Å². The minimum absolute atomic E-state index is 0.188. The fraction of sp³-hybridized carbons (Fsp3) is 0.632. The molecule has 2 rings (SSSR count). The first-order valence-electron chi connectivity index (χ1n) is 8.69. The van der Waals surface area contributed by atoms with Crippen LogP contribution in [-0.4, -0.2) is 5.91 Å². The SMILES string of the molecule is CCC(CC)CC1(C(=O)Nc2ccccc2[S])CCCCC1. The minimum atomic E-state index is -0.188. The van der Waals surface area contributed by atoms with Gasteiger partial charge in [-0.1, -0.05) is 70.7 Å². The number of amides is 1. The second kappa shape index (κ2) is 7.96. The van der Waals surface area contributed by atoms with Crippen molar-refractivity contribution in [2.24, 2.45) is 11.3 Å². The van der Waals surface area contributed by atoms with Crippen LogP contribution >= 0.6 is 12.6 Å². The Balaban J connectivity index is 2.17. The highest BCUT2D eigenvalue weighted by Crippen LogP contribution is 2.44. The van der Waals surface area contributed by atoms with Gasteiger partial charge in [0.1, 0.15) is 0 Å². The van der Waals surface area contributed by atoms with Crippen LogP contribution in [-0.2, 0) is 4.79 Å². The maximum atomic E-state index is 13.1. The van der Waals surface area contributed by atoms with E-state index in [-0.39, 0.29) is 11.3 Å². The summed E-state index contributed by atoms with van der Waals surface area (Å²) in [4.78, 5) is 13.8. The first-order valence-corrected chi connectivity index (χ1v) is 9.09. The van der Waals surface area contributed by atoms with Crippen LogP contribution in [0.3, 0.4) is 0 Å². The molecule has 1 aliphatic rings. The maximum Gasteiger partial charge on any atom is 0.230 e. The average molecular weight is 319 g/mol. The standard InChI is InChI=1S/C19H28NOS/c1-3-15(4-2)14-19(12-8-5-9-13-19)18(21)20-16-10-6-7-11-17(16)22/h6-7,10-11,15H,3-5,8-9,12-14H2,1-2H3,(H,20,21). The smallest absolute Gasteiger partial charge is 0.230 e. The lowest BCUT2D eigenvalue weighted by Gasteiger charge is -2.38. The van der Waals surface area contributed by atoms with Crippen molar-refractivity contribution in [1.29, 1.82) is 0 Å². The Morgan fingerprint density at radius 1 is 1.18 bits per heavy atom. The lowest BCUT2D eigenvalue weighted by atomic mass is 9.67. The van der Waals surface area contributed by atoms with E-state index >= 15 is 0 Å². The molecule has 1 N–H and O–H groups in total. The molecule has 2 nitrogen and oxygen atoms in total. The summed E-state index contributed by atoms with van der Waals surface area (Å²) in [5.41, 5.74) is 0.601. The summed E-state index contributed by atoms with van der Waals surface area (Å²) in [5, 5.41) is 3.13. The van der Waals surface area contributed by atoms with Crippen LogP contribution in [0.5, 0.6) is 0 Å². The third-order valence-electron chi connectivity index (χ3n) is 5.26. The van der Waals surface area contributed by atoms with Gasteiger partial charge in [0.15, 0.2) is 0 Å². The molecule has 1 radical (unpaired) electrons. The fourth-order valence-corrected chi connectivity index (χ4v) is 3.90. The number of carbonyl (C=O) groups excluding carboxylic acids is 1. The van der Waals surface area contributed by atoms with Crippen molar-refractivity contribution >= 4 is 24.2 Å². The summed E-state index contributed by atoms with van der Waals surface area (Å²) in [6.45, 7) is 4.47. The molecule has 0 spiro atoms. The number of rotatable bonds is 6. The molecule has 0 heterocycles. The molecular weight excluding hydrogens is 290 g/mol. The van der Waals surface area contributed by atoms with Gasteiger partial charge >= 0.3 is 0 Å². The summed E-state index contributed by atoms with van der Waals surface area (Å²) in [6.07, 6.45) is 8.98. The lowest BCUT2D eigenvalue weighted by molar-refractivity contribution is -0.128. The van der Waals surface area contributed by atoms with Gasteiger partial charge in [0, 0.05) is 5.41 Å². The van der Waals surface area contributed by atoms with Gasteiger partial charge in [-0.15, -0.1) is 0 Å². The second-order valence-electron chi connectivity index (χ2n) is 6.68. The Hall–Kier alpha value is -1.09. The van der Waals surface area contributed by atoms with Gasteiger partial charge in [-0.25, -0.2) is 0 Å². The zero-order chi connectivity index (χ0) is 16.0. The number of nitrogens with one attached hydrogen (secondary N) is 1. The van der Waals surface area contributed by atoms with Crippen LogP contribution < -0.4 is 5.32 Å². The Labute approximate surface area is 140 Å². The molecule has 3 heteroatoms. The molecule has 121 valence electrons. The van der Waals surface area contributed by atoms with E-state index < -0.39 is 0 Å². The summed E-state index contributed by atoms with van der Waals surface area (Å²) < 4.78 is 0. The Kier molecular flexibility index (Phi) is 6.25. The molecule has 0 atom stereocenters. The third-order valence-corrected chi connectivity index (χ3v) is 5.62. The molecule has 0 unspecified atom stereocenters. The number of para-hydroxylation sites is 1. The quantitative estimate of drug-likeness (QED) is 0.689. The average Bonchev–Trinajstić information content (AvgIpc) is 2.55. The maximum absolute atomic E-state index is 13.1. The van der Waals surface area contributed by atoms with Crippen molar-refractivity contribution in [3.05, 3.63) is 24.3 Å². The van der Waals surface area contributed by atoms with E-state index in [2.05, 4.69) is 19.2 Å². The summed E-state index contributed by atoms with van der Waals surface area (Å²) in [6, 6.07) is 7.63. The summed E-state index contributed by atoms with van der Waals surface area (Å²) in [7, 11) is 0. The largest absolute Gasteiger partial charge is 0.324 e. The van der Waals surface area contributed by atoms with Crippen LogP contribution in [0, 0.1) is 11.3 Å². The van der Waals surface area contributed by atoms with Crippen LogP contribution in [0.15, 0.2) is 29.2 Å². The van der Waals surface area contributed by atoms with E-state index in [1.54, 1.807) is 0 Å². The van der Waals surface area contributed by atoms with Crippen LogP contribution in [0.1, 0.15) is 65.2 Å². The molecule has 0 saturated heterocycles. The zero-order valence-electron chi connectivity index (χ0n) is 13.9. The van der Waals surface area contributed by atoms with E-state index in [1.807, 2.05) is 24.3 Å². The van der Waals surface area contributed by atoms with Gasteiger partial charge in [0.05, 0.1) is 10.6 Å². The number of benzene rings is 1. The van der Waals surface area contributed by atoms with Crippen LogP contribution in [0.2, 0.25) is 0 Å². The first kappa shape index (κ1) is 17.3. The predicted octanol–water partition coefficient (Wildman–Crippen LogP) is 5.96. The van der Waals surface area contributed by atoms with Crippen molar-refractivity contribution in [1.82, 2.24) is 0 Å². The highest BCUT2D eigenvalue weighted by Gasteiger charge is 2.40. The normalized spacial score (nSPS) is 17.4. The van der Waals surface area contributed by atoms with Crippen LogP contribution in [0.25, 0.3) is 0 Å². The number of hydrogen-bond acceptors (Lipinski definition) is 1.